The number of rotatable bonds is 6. The molecule has 30 heavy (non-hydrogen) atoms. The van der Waals surface area contributed by atoms with Crippen LogP contribution in [0.4, 0.5) is 0 Å². The molecule has 0 saturated carbocycles. The van der Waals surface area contributed by atoms with E-state index in [1.165, 1.54) is 45.2 Å². The Labute approximate surface area is 179 Å². The molecule has 1 amide bonds. The molecule has 0 aliphatic carbocycles. The molecule has 2 atom stereocenters. The monoisotopic (exact) mass is 429 g/mol. The van der Waals surface area contributed by atoms with E-state index in [0.29, 0.717) is 11.8 Å². The summed E-state index contributed by atoms with van der Waals surface area (Å²) in [6.07, 6.45) is 8.64. The molecule has 3 fully saturated rings. The van der Waals surface area contributed by atoms with Crippen LogP contribution >= 0.6 is 0 Å². The smallest absolute Gasteiger partial charge is 0.290 e. The van der Waals surface area contributed by atoms with Gasteiger partial charge in [-0.05, 0) is 70.6 Å². The Morgan fingerprint density at radius 3 is 2.27 bits per heavy atom. The number of carbonyl (C=O) groups excluding carboxylic acids is 1. The van der Waals surface area contributed by atoms with Crippen LogP contribution in [-0.4, -0.2) is 97.9 Å². The van der Waals surface area contributed by atoms with Crippen LogP contribution in [0.25, 0.3) is 0 Å². The second-order valence-corrected chi connectivity index (χ2v) is 8.07. The molecule has 0 unspecified atom stereocenters. The summed E-state index contributed by atoms with van der Waals surface area (Å²) >= 11 is 0. The number of piperidine rings is 3. The zero-order valence-electron chi connectivity index (χ0n) is 18.2. The molecular weight excluding hydrogens is 390 g/mol. The fourth-order valence-electron chi connectivity index (χ4n) is 4.83. The first-order valence-corrected chi connectivity index (χ1v) is 11.0. The zero-order chi connectivity index (χ0) is 22.2. The first-order chi connectivity index (χ1) is 14.6. The van der Waals surface area contributed by atoms with Crippen molar-refractivity contribution in [3.63, 3.8) is 0 Å². The van der Waals surface area contributed by atoms with Gasteiger partial charge in [0.15, 0.2) is 0 Å². The Morgan fingerprint density at radius 1 is 1.00 bits per heavy atom. The molecular formula is C21H39N3O6. The van der Waals surface area contributed by atoms with Crippen LogP contribution in [0.5, 0.6) is 0 Å². The van der Waals surface area contributed by atoms with Gasteiger partial charge >= 0.3 is 0 Å². The number of fused-ring (bicyclic) bond motifs is 1. The number of methoxy groups -OCH3 is 1. The van der Waals surface area contributed by atoms with E-state index in [-0.39, 0.29) is 18.9 Å². The van der Waals surface area contributed by atoms with Crippen LogP contribution in [0.15, 0.2) is 0 Å². The number of hydrogen-bond acceptors (Lipinski definition) is 6. The van der Waals surface area contributed by atoms with E-state index in [0.717, 1.165) is 51.7 Å². The van der Waals surface area contributed by atoms with Gasteiger partial charge in [0, 0.05) is 32.2 Å². The van der Waals surface area contributed by atoms with Gasteiger partial charge in [0.05, 0.1) is 6.61 Å². The summed E-state index contributed by atoms with van der Waals surface area (Å²) in [6, 6.07) is 0.726. The predicted molar refractivity (Wildman–Crippen MR) is 113 cm³/mol. The molecule has 9 heteroatoms. The lowest BCUT2D eigenvalue weighted by atomic mass is 9.83. The third-order valence-electron chi connectivity index (χ3n) is 6.34. The Kier molecular flexibility index (Phi) is 14.1. The molecule has 0 aromatic heterocycles. The van der Waals surface area contributed by atoms with Crippen LogP contribution < -0.4 is 5.32 Å². The van der Waals surface area contributed by atoms with E-state index in [1.807, 2.05) is 0 Å². The van der Waals surface area contributed by atoms with E-state index in [4.69, 9.17) is 24.5 Å². The molecule has 3 aliphatic rings. The minimum absolute atomic E-state index is 0.217. The summed E-state index contributed by atoms with van der Waals surface area (Å²) in [5.74, 6) is 1.19. The van der Waals surface area contributed by atoms with Gasteiger partial charge in [-0.2, -0.15) is 0 Å². The second kappa shape index (κ2) is 16.0. The summed E-state index contributed by atoms with van der Waals surface area (Å²) < 4.78 is 5.14. The molecule has 0 aromatic rings. The maximum absolute atomic E-state index is 12.6. The first-order valence-electron chi connectivity index (χ1n) is 11.0. The van der Waals surface area contributed by atoms with Crippen molar-refractivity contribution in [1.82, 2.24) is 15.1 Å². The number of nitrogens with zero attached hydrogens (tertiary/aromatic N) is 2. The number of hydrogen-bond donors (Lipinski definition) is 3. The molecule has 0 radical (unpaired) electrons. The number of nitrogens with one attached hydrogen (secondary N) is 1. The van der Waals surface area contributed by atoms with Crippen molar-refractivity contribution in [3.8, 4) is 0 Å². The molecule has 3 rings (SSSR count). The van der Waals surface area contributed by atoms with Crippen molar-refractivity contribution in [2.75, 3.05) is 53.0 Å². The molecule has 3 aliphatic heterocycles. The minimum atomic E-state index is -0.250. The zero-order valence-corrected chi connectivity index (χ0v) is 18.2. The number of carboxylic acid groups (broad SMARTS) is 2. The van der Waals surface area contributed by atoms with Crippen molar-refractivity contribution in [1.29, 1.82) is 0 Å². The summed E-state index contributed by atoms with van der Waals surface area (Å²) in [6.45, 7) is 6.78. The van der Waals surface area contributed by atoms with Gasteiger partial charge in [-0.1, -0.05) is 6.42 Å². The minimum Gasteiger partial charge on any atom is -0.483 e. The number of likely N-dealkylation sites (tertiary alicyclic amines) is 1. The van der Waals surface area contributed by atoms with Crippen molar-refractivity contribution < 1.29 is 29.3 Å². The Morgan fingerprint density at radius 2 is 1.63 bits per heavy atom. The SMILES string of the molecule is COCCN1CCC(C(=O)NC[C@@H]2CCCN3CCCC[C@H]23)CC1.O=CO.O=CO. The van der Waals surface area contributed by atoms with Crippen LogP contribution in [0.1, 0.15) is 44.9 Å². The number of ether oxygens (including phenoxy) is 1. The second-order valence-electron chi connectivity index (χ2n) is 8.07. The molecule has 3 saturated heterocycles. The fraction of sp³-hybridized carbons (Fsp3) is 0.857. The third kappa shape index (κ3) is 9.40. The van der Waals surface area contributed by atoms with E-state index in [9.17, 15) is 4.79 Å². The number of amides is 1. The summed E-state index contributed by atoms with van der Waals surface area (Å²) in [5.41, 5.74) is 0. The third-order valence-corrected chi connectivity index (χ3v) is 6.34. The van der Waals surface area contributed by atoms with E-state index < -0.39 is 0 Å². The number of carbonyl (C=O) groups is 3. The predicted octanol–water partition coefficient (Wildman–Crippen LogP) is 1.13. The highest BCUT2D eigenvalue weighted by molar-refractivity contribution is 5.78. The highest BCUT2D eigenvalue weighted by atomic mass is 16.5. The Balaban J connectivity index is 0.000000672. The van der Waals surface area contributed by atoms with Crippen LogP contribution in [-0.2, 0) is 19.1 Å². The van der Waals surface area contributed by atoms with Gasteiger partial charge in [-0.25, -0.2) is 0 Å². The summed E-state index contributed by atoms with van der Waals surface area (Å²) in [7, 11) is 1.75. The van der Waals surface area contributed by atoms with Crippen LogP contribution in [0.2, 0.25) is 0 Å². The molecule has 9 nitrogen and oxygen atoms in total. The van der Waals surface area contributed by atoms with Gasteiger partial charge in [0.2, 0.25) is 5.91 Å². The maximum Gasteiger partial charge on any atom is 0.290 e. The fourth-order valence-corrected chi connectivity index (χ4v) is 4.83. The summed E-state index contributed by atoms with van der Waals surface area (Å²) in [5, 5.41) is 17.1. The van der Waals surface area contributed by atoms with E-state index in [1.54, 1.807) is 7.11 Å². The highest BCUT2D eigenvalue weighted by Crippen LogP contribution is 2.30. The Hall–Kier alpha value is -1.71. The van der Waals surface area contributed by atoms with Gasteiger partial charge in [-0.3, -0.25) is 14.4 Å². The van der Waals surface area contributed by atoms with Gasteiger partial charge in [-0.15, -0.1) is 0 Å². The largest absolute Gasteiger partial charge is 0.483 e. The normalized spacial score (nSPS) is 24.8. The average Bonchev–Trinajstić information content (AvgIpc) is 2.77. The van der Waals surface area contributed by atoms with Gasteiger partial charge in [0.25, 0.3) is 12.9 Å². The van der Waals surface area contributed by atoms with Crippen molar-refractivity contribution in [2.45, 2.75) is 51.0 Å². The molecule has 0 aromatic carbocycles. The highest BCUT2D eigenvalue weighted by Gasteiger charge is 2.33. The lowest BCUT2D eigenvalue weighted by Gasteiger charge is -2.44. The van der Waals surface area contributed by atoms with Crippen molar-refractivity contribution >= 4 is 18.9 Å². The molecule has 0 bridgehead atoms. The van der Waals surface area contributed by atoms with Crippen molar-refractivity contribution in [2.24, 2.45) is 11.8 Å². The molecule has 0 spiro atoms. The van der Waals surface area contributed by atoms with Gasteiger partial charge < -0.3 is 30.1 Å². The Bertz CT molecular complexity index is 477. The topological polar surface area (TPSA) is 119 Å². The molecule has 3 heterocycles. The van der Waals surface area contributed by atoms with Crippen molar-refractivity contribution in [3.05, 3.63) is 0 Å². The summed E-state index contributed by atoms with van der Waals surface area (Å²) in [4.78, 5) is 34.4. The van der Waals surface area contributed by atoms with Gasteiger partial charge in [0.1, 0.15) is 0 Å². The standard InChI is InChI=1S/C19H35N3O2.2CH2O2/c1-24-14-13-21-11-7-16(8-12-21)19(23)20-15-17-5-4-10-22-9-3-2-6-18(17)22;2*2-1-3/h16-18H,2-15H2,1H3,(H,20,23);2*1H,(H,2,3)/t17-,18+;;/m0../s1. The lowest BCUT2D eigenvalue weighted by Crippen LogP contribution is -2.51. The molecule has 3 N–H and O–H groups in total. The lowest BCUT2D eigenvalue weighted by molar-refractivity contribution is -0.127. The van der Waals surface area contributed by atoms with E-state index >= 15 is 0 Å². The quantitative estimate of drug-likeness (QED) is 0.538. The first kappa shape index (κ1) is 26.3. The van der Waals surface area contributed by atoms with Crippen LogP contribution in [0, 0.1) is 11.8 Å². The molecule has 174 valence electrons. The average molecular weight is 430 g/mol. The maximum atomic E-state index is 12.6. The van der Waals surface area contributed by atoms with Crippen LogP contribution in [0.3, 0.4) is 0 Å². The van der Waals surface area contributed by atoms with E-state index in [2.05, 4.69) is 15.1 Å².